The Morgan fingerprint density at radius 3 is 2.89 bits per heavy atom. The zero-order chi connectivity index (χ0) is 13.7. The van der Waals surface area contributed by atoms with Crippen molar-refractivity contribution in [2.45, 2.75) is 20.3 Å². The number of nitrogens with one attached hydrogen (secondary N) is 1. The lowest BCUT2D eigenvalue weighted by molar-refractivity contribution is 0.340. The van der Waals surface area contributed by atoms with Gasteiger partial charge < -0.3 is 20.3 Å². The van der Waals surface area contributed by atoms with Gasteiger partial charge in [0.2, 0.25) is 5.89 Å². The number of ether oxygens (including phenoxy) is 1. The van der Waals surface area contributed by atoms with Gasteiger partial charge in [-0.1, -0.05) is 5.16 Å². The summed E-state index contributed by atoms with van der Waals surface area (Å²) in [5, 5.41) is 7.00. The van der Waals surface area contributed by atoms with E-state index in [0.29, 0.717) is 37.0 Å². The summed E-state index contributed by atoms with van der Waals surface area (Å²) in [4.78, 5) is 4.14. The first kappa shape index (κ1) is 13.2. The number of aryl methyl sites for hydroxylation is 1. The van der Waals surface area contributed by atoms with E-state index in [1.54, 1.807) is 13.0 Å². The average Bonchev–Trinajstić information content (AvgIpc) is 2.75. The number of anilines is 2. The van der Waals surface area contributed by atoms with Crippen LogP contribution < -0.4 is 15.8 Å². The molecule has 2 aromatic rings. The molecule has 3 N–H and O–H groups in total. The highest BCUT2D eigenvalue weighted by Gasteiger charge is 2.03. The number of nitrogens with zero attached hydrogens (tertiary/aromatic N) is 2. The zero-order valence-corrected chi connectivity index (χ0v) is 11.1. The molecule has 0 saturated carbocycles. The molecule has 0 aliphatic heterocycles. The maximum atomic E-state index is 5.82. The van der Waals surface area contributed by atoms with Gasteiger partial charge in [-0.2, -0.15) is 4.98 Å². The Kier molecular flexibility index (Phi) is 4.22. The van der Waals surface area contributed by atoms with Crippen molar-refractivity contribution in [3.05, 3.63) is 29.9 Å². The van der Waals surface area contributed by atoms with E-state index in [9.17, 15) is 0 Å². The second-order valence-electron chi connectivity index (χ2n) is 4.14. The van der Waals surface area contributed by atoms with Crippen molar-refractivity contribution in [1.29, 1.82) is 0 Å². The standard InChI is InChI=1S/C13H18N4O2/c1-3-18-12-7-10(14)6-11(8-12)15-5-4-13-16-9(2)17-19-13/h6-8,15H,3-5,14H2,1-2H3. The summed E-state index contributed by atoms with van der Waals surface area (Å²) in [6.45, 7) is 5.04. The van der Waals surface area contributed by atoms with E-state index >= 15 is 0 Å². The SMILES string of the molecule is CCOc1cc(N)cc(NCCc2nc(C)no2)c1. The lowest BCUT2D eigenvalue weighted by atomic mass is 10.2. The third-order valence-electron chi connectivity index (χ3n) is 2.48. The fourth-order valence-electron chi connectivity index (χ4n) is 1.73. The van der Waals surface area contributed by atoms with Crippen LogP contribution in [0.3, 0.4) is 0 Å². The highest BCUT2D eigenvalue weighted by Crippen LogP contribution is 2.22. The molecule has 0 amide bonds. The molecule has 0 fully saturated rings. The van der Waals surface area contributed by atoms with Gasteiger partial charge in [-0.3, -0.25) is 0 Å². The van der Waals surface area contributed by atoms with Gasteiger partial charge in [0.1, 0.15) is 5.75 Å². The van der Waals surface area contributed by atoms with E-state index in [4.69, 9.17) is 15.0 Å². The molecule has 6 heteroatoms. The van der Waals surface area contributed by atoms with Crippen LogP contribution in [-0.2, 0) is 6.42 Å². The lowest BCUT2D eigenvalue weighted by Gasteiger charge is -2.09. The van der Waals surface area contributed by atoms with Crippen LogP contribution in [-0.4, -0.2) is 23.3 Å². The minimum Gasteiger partial charge on any atom is -0.494 e. The first-order chi connectivity index (χ1) is 9.17. The van der Waals surface area contributed by atoms with Crippen molar-refractivity contribution >= 4 is 11.4 Å². The van der Waals surface area contributed by atoms with Gasteiger partial charge in [0.05, 0.1) is 6.61 Å². The Morgan fingerprint density at radius 2 is 2.21 bits per heavy atom. The zero-order valence-electron chi connectivity index (χ0n) is 11.1. The van der Waals surface area contributed by atoms with E-state index in [2.05, 4.69) is 15.5 Å². The van der Waals surface area contributed by atoms with Crippen LogP contribution in [0.5, 0.6) is 5.75 Å². The number of hydrogen-bond acceptors (Lipinski definition) is 6. The molecule has 0 aliphatic carbocycles. The van der Waals surface area contributed by atoms with E-state index < -0.39 is 0 Å². The number of nitrogens with two attached hydrogens (primary N) is 1. The number of hydrogen-bond donors (Lipinski definition) is 2. The Morgan fingerprint density at radius 1 is 1.37 bits per heavy atom. The molecule has 6 nitrogen and oxygen atoms in total. The van der Waals surface area contributed by atoms with Gasteiger partial charge in [-0.25, -0.2) is 0 Å². The second kappa shape index (κ2) is 6.08. The van der Waals surface area contributed by atoms with Crippen molar-refractivity contribution in [2.75, 3.05) is 24.2 Å². The van der Waals surface area contributed by atoms with E-state index in [1.807, 2.05) is 19.1 Å². The van der Waals surface area contributed by atoms with Gasteiger partial charge in [0, 0.05) is 36.5 Å². The molecule has 0 saturated heterocycles. The third-order valence-corrected chi connectivity index (χ3v) is 2.48. The van der Waals surface area contributed by atoms with Gasteiger partial charge in [0.25, 0.3) is 0 Å². The highest BCUT2D eigenvalue weighted by molar-refractivity contribution is 5.59. The molecule has 1 aromatic carbocycles. The summed E-state index contributed by atoms with van der Waals surface area (Å²) in [6, 6.07) is 5.58. The topological polar surface area (TPSA) is 86.2 Å². The van der Waals surface area contributed by atoms with Crippen molar-refractivity contribution < 1.29 is 9.26 Å². The summed E-state index contributed by atoms with van der Waals surface area (Å²) >= 11 is 0. The Bertz CT molecular complexity index is 539. The van der Waals surface area contributed by atoms with E-state index in [1.165, 1.54) is 0 Å². The molecule has 0 bridgehead atoms. The first-order valence-electron chi connectivity index (χ1n) is 6.24. The molecule has 1 heterocycles. The predicted molar refractivity (Wildman–Crippen MR) is 73.3 cm³/mol. The van der Waals surface area contributed by atoms with E-state index in [-0.39, 0.29) is 0 Å². The molecule has 0 radical (unpaired) electrons. The molecular weight excluding hydrogens is 244 g/mol. The number of benzene rings is 1. The molecule has 0 spiro atoms. The maximum absolute atomic E-state index is 5.82. The summed E-state index contributed by atoms with van der Waals surface area (Å²) in [5.74, 6) is 2.04. The van der Waals surface area contributed by atoms with Crippen molar-refractivity contribution in [2.24, 2.45) is 0 Å². The predicted octanol–water partition coefficient (Wildman–Crippen LogP) is 2.01. The first-order valence-corrected chi connectivity index (χ1v) is 6.24. The quantitative estimate of drug-likeness (QED) is 0.774. The molecule has 102 valence electrons. The van der Waals surface area contributed by atoms with Crippen LogP contribution in [0.2, 0.25) is 0 Å². The maximum Gasteiger partial charge on any atom is 0.228 e. The smallest absolute Gasteiger partial charge is 0.228 e. The Balaban J connectivity index is 1.91. The number of rotatable bonds is 6. The van der Waals surface area contributed by atoms with Crippen molar-refractivity contribution in [3.63, 3.8) is 0 Å². The van der Waals surface area contributed by atoms with Crippen LogP contribution in [0.15, 0.2) is 22.7 Å². The number of nitrogen functional groups attached to an aromatic ring is 1. The third kappa shape index (κ3) is 3.87. The van der Waals surface area contributed by atoms with Crippen LogP contribution in [0, 0.1) is 6.92 Å². The molecule has 0 unspecified atom stereocenters. The molecule has 1 aromatic heterocycles. The minimum absolute atomic E-state index is 0.615. The lowest BCUT2D eigenvalue weighted by Crippen LogP contribution is -2.06. The van der Waals surface area contributed by atoms with Gasteiger partial charge in [0.15, 0.2) is 5.82 Å². The monoisotopic (exact) mass is 262 g/mol. The Labute approximate surface area is 112 Å². The average molecular weight is 262 g/mol. The molecule has 2 rings (SSSR count). The largest absolute Gasteiger partial charge is 0.494 e. The minimum atomic E-state index is 0.615. The summed E-state index contributed by atoms with van der Waals surface area (Å²) in [5.41, 5.74) is 7.40. The van der Waals surface area contributed by atoms with Gasteiger partial charge >= 0.3 is 0 Å². The van der Waals surface area contributed by atoms with E-state index in [0.717, 1.165) is 11.4 Å². The Hall–Kier alpha value is -2.24. The molecule has 0 aliphatic rings. The second-order valence-corrected chi connectivity index (χ2v) is 4.14. The normalized spacial score (nSPS) is 10.4. The molecule has 19 heavy (non-hydrogen) atoms. The van der Waals surface area contributed by atoms with Gasteiger partial charge in [-0.15, -0.1) is 0 Å². The van der Waals surface area contributed by atoms with Crippen LogP contribution >= 0.6 is 0 Å². The molecular formula is C13H18N4O2. The van der Waals surface area contributed by atoms with Crippen LogP contribution in [0.1, 0.15) is 18.6 Å². The summed E-state index contributed by atoms with van der Waals surface area (Å²) in [6.07, 6.45) is 0.666. The van der Waals surface area contributed by atoms with Gasteiger partial charge in [-0.05, 0) is 19.9 Å². The fraction of sp³-hybridized carbons (Fsp3) is 0.385. The van der Waals surface area contributed by atoms with Crippen molar-refractivity contribution in [1.82, 2.24) is 10.1 Å². The number of aromatic nitrogens is 2. The molecule has 0 atom stereocenters. The van der Waals surface area contributed by atoms with Crippen molar-refractivity contribution in [3.8, 4) is 5.75 Å². The summed E-state index contributed by atoms with van der Waals surface area (Å²) in [7, 11) is 0. The fourth-order valence-corrected chi connectivity index (χ4v) is 1.73. The van der Waals surface area contributed by atoms with Crippen LogP contribution in [0.4, 0.5) is 11.4 Å². The van der Waals surface area contributed by atoms with Crippen LogP contribution in [0.25, 0.3) is 0 Å². The highest BCUT2D eigenvalue weighted by atomic mass is 16.5. The summed E-state index contributed by atoms with van der Waals surface area (Å²) < 4.78 is 10.5.